The first kappa shape index (κ1) is 14.1. The third kappa shape index (κ3) is 5.77. The molecule has 0 spiro atoms. The van der Waals surface area contributed by atoms with Gasteiger partial charge in [0.15, 0.2) is 6.61 Å². The van der Waals surface area contributed by atoms with Crippen molar-refractivity contribution in [2.24, 2.45) is 0 Å². The maximum atomic E-state index is 11.3. The molecule has 2 N–H and O–H groups in total. The van der Waals surface area contributed by atoms with Crippen molar-refractivity contribution in [2.45, 2.75) is 6.42 Å². The number of rotatable bonds is 6. The second-order valence-electron chi connectivity index (χ2n) is 3.32. The van der Waals surface area contributed by atoms with Gasteiger partial charge in [0.05, 0.1) is 0 Å². The first-order chi connectivity index (χ1) is 8.11. The molecular formula is C11H13Cl2NO3. The zero-order valence-electron chi connectivity index (χ0n) is 9.08. The Hall–Kier alpha value is -0.970. The fourth-order valence-corrected chi connectivity index (χ4v) is 1.62. The smallest absolute Gasteiger partial charge is 0.257 e. The predicted octanol–water partition coefficient (Wildman–Crippen LogP) is 1.87. The number of hydrogen-bond donors (Lipinski definition) is 2. The van der Waals surface area contributed by atoms with Gasteiger partial charge in [-0.1, -0.05) is 23.2 Å². The average molecular weight is 278 g/mol. The van der Waals surface area contributed by atoms with Gasteiger partial charge in [-0.25, -0.2) is 0 Å². The number of nitrogens with one attached hydrogen (secondary N) is 1. The van der Waals surface area contributed by atoms with Gasteiger partial charge in [0.25, 0.3) is 5.91 Å². The van der Waals surface area contributed by atoms with Crippen LogP contribution in [0.1, 0.15) is 6.42 Å². The highest BCUT2D eigenvalue weighted by Crippen LogP contribution is 2.23. The second-order valence-corrected chi connectivity index (χ2v) is 4.19. The summed E-state index contributed by atoms with van der Waals surface area (Å²) in [6.45, 7) is 0.363. The molecule has 0 bridgehead atoms. The average Bonchev–Trinajstić information content (AvgIpc) is 2.25. The number of aliphatic hydroxyl groups is 1. The Labute approximate surface area is 109 Å². The van der Waals surface area contributed by atoms with Gasteiger partial charge in [-0.15, -0.1) is 0 Å². The van der Waals surface area contributed by atoms with Crippen molar-refractivity contribution in [2.75, 3.05) is 19.8 Å². The van der Waals surface area contributed by atoms with Crippen LogP contribution in [0.3, 0.4) is 0 Å². The molecule has 0 saturated carbocycles. The number of hydrogen-bond acceptors (Lipinski definition) is 3. The molecule has 94 valence electrons. The maximum absolute atomic E-state index is 11.3. The minimum atomic E-state index is -0.255. The summed E-state index contributed by atoms with van der Waals surface area (Å²) in [5.41, 5.74) is 0. The van der Waals surface area contributed by atoms with Gasteiger partial charge in [-0.05, 0) is 24.6 Å². The molecule has 0 radical (unpaired) electrons. The first-order valence-electron chi connectivity index (χ1n) is 5.08. The van der Waals surface area contributed by atoms with E-state index in [1.54, 1.807) is 18.2 Å². The van der Waals surface area contributed by atoms with Crippen molar-refractivity contribution in [1.82, 2.24) is 5.32 Å². The monoisotopic (exact) mass is 277 g/mol. The molecule has 4 nitrogen and oxygen atoms in total. The lowest BCUT2D eigenvalue weighted by atomic mass is 10.3. The summed E-state index contributed by atoms with van der Waals surface area (Å²) in [7, 11) is 0. The van der Waals surface area contributed by atoms with Crippen molar-refractivity contribution in [3.05, 3.63) is 28.2 Å². The largest absolute Gasteiger partial charge is 0.484 e. The van der Waals surface area contributed by atoms with E-state index >= 15 is 0 Å². The third-order valence-corrected chi connectivity index (χ3v) is 2.30. The topological polar surface area (TPSA) is 58.6 Å². The van der Waals surface area contributed by atoms with Crippen LogP contribution >= 0.6 is 23.2 Å². The Morgan fingerprint density at radius 2 is 1.94 bits per heavy atom. The maximum Gasteiger partial charge on any atom is 0.257 e. The van der Waals surface area contributed by atoms with Crippen LogP contribution in [0.5, 0.6) is 5.75 Å². The summed E-state index contributed by atoms with van der Waals surface area (Å²) in [5, 5.41) is 12.0. The van der Waals surface area contributed by atoms with Crippen LogP contribution < -0.4 is 10.1 Å². The van der Waals surface area contributed by atoms with Crippen LogP contribution in [-0.4, -0.2) is 30.8 Å². The van der Waals surface area contributed by atoms with E-state index in [2.05, 4.69) is 5.32 Å². The number of halogens is 2. The van der Waals surface area contributed by atoms with E-state index in [9.17, 15) is 4.79 Å². The standard InChI is InChI=1S/C11H13Cl2NO3/c12-8-4-9(13)6-10(5-8)17-7-11(16)14-2-1-3-15/h4-6,15H,1-3,7H2,(H,14,16). The van der Waals surface area contributed by atoms with Crippen LogP contribution in [0.2, 0.25) is 10.0 Å². The Kier molecular flexibility index (Phi) is 6.11. The van der Waals surface area contributed by atoms with Crippen molar-refractivity contribution >= 4 is 29.1 Å². The Balaban J connectivity index is 2.36. The molecule has 0 saturated heterocycles. The van der Waals surface area contributed by atoms with E-state index in [0.717, 1.165) is 0 Å². The van der Waals surface area contributed by atoms with E-state index in [1.807, 2.05) is 0 Å². The number of aliphatic hydroxyl groups excluding tert-OH is 1. The summed E-state index contributed by atoms with van der Waals surface area (Å²) < 4.78 is 5.22. The van der Waals surface area contributed by atoms with Crippen molar-refractivity contribution in [1.29, 1.82) is 0 Å². The molecule has 0 fully saturated rings. The molecule has 17 heavy (non-hydrogen) atoms. The molecule has 0 unspecified atom stereocenters. The normalized spacial score (nSPS) is 10.1. The summed E-state index contributed by atoms with van der Waals surface area (Å²) in [5.74, 6) is 0.189. The van der Waals surface area contributed by atoms with Gasteiger partial charge in [0, 0.05) is 23.2 Å². The fraction of sp³-hybridized carbons (Fsp3) is 0.364. The number of ether oxygens (including phenoxy) is 1. The van der Waals surface area contributed by atoms with Gasteiger partial charge in [0.2, 0.25) is 0 Å². The van der Waals surface area contributed by atoms with Crippen LogP contribution in [0, 0.1) is 0 Å². The Bertz CT molecular complexity index is 365. The molecule has 1 aromatic rings. The fourth-order valence-electron chi connectivity index (χ4n) is 1.12. The number of amides is 1. The lowest BCUT2D eigenvalue weighted by Crippen LogP contribution is -2.30. The molecule has 0 atom stereocenters. The highest BCUT2D eigenvalue weighted by atomic mass is 35.5. The molecule has 1 aromatic carbocycles. The van der Waals surface area contributed by atoms with E-state index in [0.29, 0.717) is 28.8 Å². The van der Waals surface area contributed by atoms with Gasteiger partial charge in [-0.2, -0.15) is 0 Å². The minimum Gasteiger partial charge on any atom is -0.484 e. The molecule has 0 heterocycles. The number of carbonyl (C=O) groups is 1. The summed E-state index contributed by atoms with van der Waals surface area (Å²) in [4.78, 5) is 11.3. The van der Waals surface area contributed by atoms with Crippen LogP contribution in [0.4, 0.5) is 0 Å². The third-order valence-electron chi connectivity index (χ3n) is 1.86. The van der Waals surface area contributed by atoms with Crippen LogP contribution in [-0.2, 0) is 4.79 Å². The lowest BCUT2D eigenvalue weighted by molar-refractivity contribution is -0.123. The minimum absolute atomic E-state index is 0.0467. The van der Waals surface area contributed by atoms with E-state index < -0.39 is 0 Å². The lowest BCUT2D eigenvalue weighted by Gasteiger charge is -2.07. The van der Waals surface area contributed by atoms with Crippen LogP contribution in [0.15, 0.2) is 18.2 Å². The van der Waals surface area contributed by atoms with Gasteiger partial charge >= 0.3 is 0 Å². The summed E-state index contributed by atoms with van der Waals surface area (Å²) >= 11 is 11.6. The quantitative estimate of drug-likeness (QED) is 0.781. The molecular weight excluding hydrogens is 265 g/mol. The SMILES string of the molecule is O=C(COc1cc(Cl)cc(Cl)c1)NCCCO. The highest BCUT2D eigenvalue weighted by molar-refractivity contribution is 6.34. The molecule has 0 aliphatic rings. The summed E-state index contributed by atoms with van der Waals surface area (Å²) in [6.07, 6.45) is 0.523. The zero-order chi connectivity index (χ0) is 12.7. The predicted molar refractivity (Wildman–Crippen MR) is 66.7 cm³/mol. The van der Waals surface area contributed by atoms with Crippen LogP contribution in [0.25, 0.3) is 0 Å². The van der Waals surface area contributed by atoms with Crippen molar-refractivity contribution in [3.63, 3.8) is 0 Å². The molecule has 1 rings (SSSR count). The number of benzene rings is 1. The highest BCUT2D eigenvalue weighted by Gasteiger charge is 2.03. The molecule has 0 aliphatic heterocycles. The molecule has 0 aromatic heterocycles. The Morgan fingerprint density at radius 1 is 1.29 bits per heavy atom. The zero-order valence-corrected chi connectivity index (χ0v) is 10.6. The van der Waals surface area contributed by atoms with Gasteiger partial charge < -0.3 is 15.2 Å². The van der Waals surface area contributed by atoms with Crippen molar-refractivity contribution < 1.29 is 14.6 Å². The molecule has 1 amide bonds. The first-order valence-corrected chi connectivity index (χ1v) is 5.84. The van der Waals surface area contributed by atoms with Gasteiger partial charge in [0.1, 0.15) is 5.75 Å². The molecule has 0 aliphatic carbocycles. The van der Waals surface area contributed by atoms with Crippen molar-refractivity contribution in [3.8, 4) is 5.75 Å². The summed E-state index contributed by atoms with van der Waals surface area (Å²) in [6, 6.07) is 4.74. The Morgan fingerprint density at radius 3 is 2.53 bits per heavy atom. The van der Waals surface area contributed by atoms with E-state index in [4.69, 9.17) is 33.0 Å². The second kappa shape index (κ2) is 7.37. The van der Waals surface area contributed by atoms with E-state index in [-0.39, 0.29) is 19.1 Å². The van der Waals surface area contributed by atoms with E-state index in [1.165, 1.54) is 0 Å². The number of carbonyl (C=O) groups excluding carboxylic acids is 1. The van der Waals surface area contributed by atoms with Gasteiger partial charge in [-0.3, -0.25) is 4.79 Å². The molecule has 6 heteroatoms.